The van der Waals surface area contributed by atoms with Crippen molar-refractivity contribution >= 4 is 23.5 Å². The van der Waals surface area contributed by atoms with Crippen LogP contribution in [0.4, 0.5) is 4.79 Å². The maximum atomic E-state index is 12.3. The van der Waals surface area contributed by atoms with Crippen molar-refractivity contribution in [3.8, 4) is 0 Å². The van der Waals surface area contributed by atoms with Crippen molar-refractivity contribution in [3.63, 3.8) is 0 Å². The fourth-order valence-corrected chi connectivity index (χ4v) is 3.10. The quantitative estimate of drug-likeness (QED) is 0.765. The van der Waals surface area contributed by atoms with Crippen molar-refractivity contribution in [1.29, 1.82) is 0 Å². The monoisotopic (exact) mass is 405 g/mol. The smallest absolute Gasteiger partial charge is 0.315 e. The van der Waals surface area contributed by atoms with Gasteiger partial charge >= 0.3 is 6.03 Å². The van der Waals surface area contributed by atoms with Gasteiger partial charge in [0.25, 0.3) is 5.91 Å². The molecule has 0 spiro atoms. The summed E-state index contributed by atoms with van der Waals surface area (Å²) in [5.41, 5.74) is 1.34. The van der Waals surface area contributed by atoms with Crippen molar-refractivity contribution < 1.29 is 14.1 Å². The number of nitrogens with zero attached hydrogens (tertiary/aromatic N) is 3. The normalized spacial score (nSPS) is 14.7. The summed E-state index contributed by atoms with van der Waals surface area (Å²) >= 11 is 5.84. The summed E-state index contributed by atoms with van der Waals surface area (Å²) in [7, 11) is 0. The molecule has 1 aromatic heterocycles. The number of carbonyl (C=O) groups is 2. The number of piperazine rings is 1. The van der Waals surface area contributed by atoms with E-state index in [1.54, 1.807) is 30.0 Å². The minimum absolute atomic E-state index is 0.101. The molecule has 2 N–H and O–H groups in total. The summed E-state index contributed by atoms with van der Waals surface area (Å²) in [5.74, 6) is 0.526. The summed E-state index contributed by atoms with van der Waals surface area (Å²) in [6.45, 7) is 6.28. The van der Waals surface area contributed by atoms with Gasteiger partial charge in [-0.05, 0) is 24.6 Å². The third kappa shape index (κ3) is 5.71. The molecule has 1 saturated heterocycles. The predicted octanol–water partition coefficient (Wildman–Crippen LogP) is 1.89. The Morgan fingerprint density at radius 1 is 1.14 bits per heavy atom. The van der Waals surface area contributed by atoms with Crippen LogP contribution < -0.4 is 10.6 Å². The lowest BCUT2D eigenvalue weighted by molar-refractivity contribution is 0.0629. The maximum Gasteiger partial charge on any atom is 0.315 e. The van der Waals surface area contributed by atoms with Crippen LogP contribution in [0.1, 0.15) is 21.8 Å². The molecule has 2 heterocycles. The first-order chi connectivity index (χ1) is 13.5. The van der Waals surface area contributed by atoms with Crippen LogP contribution in [0.2, 0.25) is 5.02 Å². The SMILES string of the molecule is Cc1cc(C(=O)N2CCN(CCNC(=O)NCc3ccc(Cl)cc3)CC2)no1. The van der Waals surface area contributed by atoms with Crippen LogP contribution in [0.15, 0.2) is 34.9 Å². The van der Waals surface area contributed by atoms with Crippen LogP contribution >= 0.6 is 11.6 Å². The van der Waals surface area contributed by atoms with Crippen LogP contribution in [0.3, 0.4) is 0 Å². The Labute approximate surface area is 168 Å². The van der Waals surface area contributed by atoms with Crippen molar-refractivity contribution in [2.45, 2.75) is 13.5 Å². The molecule has 1 aliphatic heterocycles. The zero-order valence-corrected chi connectivity index (χ0v) is 16.5. The van der Waals surface area contributed by atoms with Crippen molar-refractivity contribution in [2.75, 3.05) is 39.3 Å². The molecule has 0 unspecified atom stereocenters. The zero-order chi connectivity index (χ0) is 19.9. The van der Waals surface area contributed by atoms with E-state index in [2.05, 4.69) is 20.7 Å². The lowest BCUT2D eigenvalue weighted by Gasteiger charge is -2.34. The molecule has 0 bridgehead atoms. The topological polar surface area (TPSA) is 90.7 Å². The number of nitrogens with one attached hydrogen (secondary N) is 2. The van der Waals surface area contributed by atoms with E-state index in [0.717, 1.165) is 25.2 Å². The van der Waals surface area contributed by atoms with Gasteiger partial charge in [-0.15, -0.1) is 0 Å². The number of rotatable bonds is 6. The lowest BCUT2D eigenvalue weighted by Crippen LogP contribution is -2.50. The Hall–Kier alpha value is -2.58. The molecule has 2 aromatic rings. The summed E-state index contributed by atoms with van der Waals surface area (Å²) < 4.78 is 4.97. The van der Waals surface area contributed by atoms with Crippen LogP contribution in [0.25, 0.3) is 0 Å². The Morgan fingerprint density at radius 3 is 2.50 bits per heavy atom. The van der Waals surface area contributed by atoms with Crippen LogP contribution in [0.5, 0.6) is 0 Å². The van der Waals surface area contributed by atoms with E-state index in [1.165, 1.54) is 0 Å². The second-order valence-corrected chi connectivity index (χ2v) is 7.13. The van der Waals surface area contributed by atoms with E-state index in [0.29, 0.717) is 42.7 Å². The van der Waals surface area contributed by atoms with Gasteiger partial charge in [0.15, 0.2) is 5.69 Å². The van der Waals surface area contributed by atoms with Gasteiger partial charge in [-0.1, -0.05) is 28.9 Å². The summed E-state index contributed by atoms with van der Waals surface area (Å²) in [6, 6.07) is 8.80. The van der Waals surface area contributed by atoms with Crippen molar-refractivity contribution in [3.05, 3.63) is 52.4 Å². The molecule has 1 aromatic carbocycles. The number of hydrogen-bond acceptors (Lipinski definition) is 5. The van der Waals surface area contributed by atoms with Gasteiger partial charge in [-0.3, -0.25) is 9.69 Å². The number of amides is 3. The molecule has 1 aliphatic rings. The number of halogens is 1. The number of hydrogen-bond donors (Lipinski definition) is 2. The Balaban J connectivity index is 1.31. The van der Waals surface area contributed by atoms with Gasteiger partial charge in [-0.25, -0.2) is 4.79 Å². The van der Waals surface area contributed by atoms with Crippen molar-refractivity contribution in [2.24, 2.45) is 0 Å². The van der Waals surface area contributed by atoms with Gasteiger partial charge in [0, 0.05) is 56.9 Å². The number of benzene rings is 1. The van der Waals surface area contributed by atoms with E-state index in [9.17, 15) is 9.59 Å². The van der Waals surface area contributed by atoms with Crippen LogP contribution in [0, 0.1) is 6.92 Å². The second kappa shape index (κ2) is 9.57. The molecule has 9 heteroatoms. The van der Waals surface area contributed by atoms with Gasteiger partial charge in [0.1, 0.15) is 5.76 Å². The third-order valence-corrected chi connectivity index (χ3v) is 4.84. The van der Waals surface area contributed by atoms with Gasteiger partial charge < -0.3 is 20.1 Å². The Morgan fingerprint density at radius 2 is 1.86 bits per heavy atom. The van der Waals surface area contributed by atoms with Gasteiger partial charge in [0.2, 0.25) is 0 Å². The maximum absolute atomic E-state index is 12.3. The predicted molar refractivity (Wildman–Crippen MR) is 105 cm³/mol. The van der Waals surface area contributed by atoms with E-state index in [4.69, 9.17) is 16.1 Å². The molecule has 1 fully saturated rings. The third-order valence-electron chi connectivity index (χ3n) is 4.59. The molecule has 28 heavy (non-hydrogen) atoms. The molecular weight excluding hydrogens is 382 g/mol. The lowest BCUT2D eigenvalue weighted by atomic mass is 10.2. The van der Waals surface area contributed by atoms with E-state index < -0.39 is 0 Å². The Bertz CT molecular complexity index is 800. The fraction of sp³-hybridized carbons (Fsp3) is 0.421. The Kier molecular flexibility index (Phi) is 6.89. The molecule has 0 saturated carbocycles. The molecule has 8 nitrogen and oxygen atoms in total. The molecule has 0 aliphatic carbocycles. The first-order valence-corrected chi connectivity index (χ1v) is 9.60. The highest BCUT2D eigenvalue weighted by molar-refractivity contribution is 6.30. The van der Waals surface area contributed by atoms with E-state index >= 15 is 0 Å². The minimum Gasteiger partial charge on any atom is -0.361 e. The number of carbonyl (C=O) groups excluding carboxylic acids is 2. The average molecular weight is 406 g/mol. The first kappa shape index (κ1) is 20.2. The highest BCUT2D eigenvalue weighted by Crippen LogP contribution is 2.10. The van der Waals surface area contributed by atoms with Gasteiger partial charge in [0.05, 0.1) is 0 Å². The standard InChI is InChI=1S/C19H24ClN5O3/c1-14-12-17(23-28-14)18(26)25-10-8-24(9-11-25)7-6-21-19(27)22-13-15-2-4-16(20)5-3-15/h2-5,12H,6-11,13H2,1H3,(H2,21,22,27). The minimum atomic E-state index is -0.204. The van der Waals surface area contributed by atoms with E-state index in [1.807, 2.05) is 12.1 Å². The van der Waals surface area contributed by atoms with Crippen LogP contribution in [-0.2, 0) is 6.54 Å². The molecule has 150 valence electrons. The first-order valence-electron chi connectivity index (χ1n) is 9.22. The molecule has 3 rings (SSSR count). The average Bonchev–Trinajstić information content (AvgIpc) is 3.14. The highest BCUT2D eigenvalue weighted by atomic mass is 35.5. The second-order valence-electron chi connectivity index (χ2n) is 6.69. The molecule has 3 amide bonds. The largest absolute Gasteiger partial charge is 0.361 e. The zero-order valence-electron chi connectivity index (χ0n) is 15.8. The van der Waals surface area contributed by atoms with Gasteiger partial charge in [-0.2, -0.15) is 0 Å². The summed E-state index contributed by atoms with van der Waals surface area (Å²) in [4.78, 5) is 28.2. The summed E-state index contributed by atoms with van der Waals surface area (Å²) in [6.07, 6.45) is 0. The van der Waals surface area contributed by atoms with Crippen molar-refractivity contribution in [1.82, 2.24) is 25.6 Å². The summed E-state index contributed by atoms with van der Waals surface area (Å²) in [5, 5.41) is 10.1. The molecule has 0 atom stereocenters. The highest BCUT2D eigenvalue weighted by Gasteiger charge is 2.24. The van der Waals surface area contributed by atoms with Crippen LogP contribution in [-0.4, -0.2) is 66.2 Å². The van der Waals surface area contributed by atoms with E-state index in [-0.39, 0.29) is 11.9 Å². The molecular formula is C19H24ClN5O3. The fourth-order valence-electron chi connectivity index (χ4n) is 2.98. The number of aryl methyl sites for hydroxylation is 1. The number of aromatic nitrogens is 1. The number of urea groups is 1. The molecule has 0 radical (unpaired) electrons.